The predicted octanol–water partition coefficient (Wildman–Crippen LogP) is 5.80. The van der Waals surface area contributed by atoms with Crippen LogP contribution in [0.4, 0.5) is 0 Å². The van der Waals surface area contributed by atoms with E-state index in [1.165, 1.54) is 38.2 Å². The van der Waals surface area contributed by atoms with Gasteiger partial charge in [-0.1, -0.05) is 35.8 Å². The van der Waals surface area contributed by atoms with Crippen molar-refractivity contribution in [3.05, 3.63) is 45.2 Å². The SMILES string of the molecule is CCNC(c1ccc(-c2ccc(Br)cc2CC)s1)C1CC1. The summed E-state index contributed by atoms with van der Waals surface area (Å²) in [7, 11) is 0. The highest BCUT2D eigenvalue weighted by Gasteiger charge is 2.32. The van der Waals surface area contributed by atoms with Crippen molar-refractivity contribution < 1.29 is 0 Å². The Kier molecular flexibility index (Phi) is 4.82. The average Bonchev–Trinajstić information content (AvgIpc) is 3.22. The molecule has 1 aliphatic rings. The van der Waals surface area contributed by atoms with Crippen LogP contribution in [0.1, 0.15) is 43.2 Å². The standard InChI is InChI=1S/C18H22BrNS/c1-3-12-11-14(19)7-8-15(12)16-9-10-17(21-16)18(20-4-2)13-5-6-13/h7-11,13,18,20H,3-6H2,1-2H3. The van der Waals surface area contributed by atoms with Crippen molar-refractivity contribution in [2.24, 2.45) is 5.92 Å². The Hall–Kier alpha value is -0.640. The second kappa shape index (κ2) is 6.64. The molecule has 0 amide bonds. The van der Waals surface area contributed by atoms with Gasteiger partial charge in [-0.3, -0.25) is 0 Å². The van der Waals surface area contributed by atoms with E-state index < -0.39 is 0 Å². The van der Waals surface area contributed by atoms with Crippen LogP contribution in [0.5, 0.6) is 0 Å². The van der Waals surface area contributed by atoms with Gasteiger partial charge in [0.2, 0.25) is 0 Å². The number of thiophene rings is 1. The highest BCUT2D eigenvalue weighted by molar-refractivity contribution is 9.10. The number of benzene rings is 1. The summed E-state index contributed by atoms with van der Waals surface area (Å²) in [5, 5.41) is 3.67. The molecule has 1 fully saturated rings. The maximum atomic E-state index is 3.67. The van der Waals surface area contributed by atoms with Crippen molar-refractivity contribution in [2.45, 2.75) is 39.2 Å². The molecule has 0 saturated heterocycles. The molecule has 0 spiro atoms. The van der Waals surface area contributed by atoms with Crippen LogP contribution < -0.4 is 5.32 Å². The van der Waals surface area contributed by atoms with Crippen LogP contribution >= 0.6 is 27.3 Å². The Balaban J connectivity index is 1.90. The number of aryl methyl sites for hydroxylation is 1. The minimum absolute atomic E-state index is 0.564. The first kappa shape index (κ1) is 15.3. The monoisotopic (exact) mass is 363 g/mol. The lowest BCUT2D eigenvalue weighted by molar-refractivity contribution is 0.504. The highest BCUT2D eigenvalue weighted by atomic mass is 79.9. The molecule has 1 aromatic carbocycles. The first-order chi connectivity index (χ1) is 10.2. The fraction of sp³-hybridized carbons (Fsp3) is 0.444. The van der Waals surface area contributed by atoms with Crippen LogP contribution in [0.3, 0.4) is 0 Å². The highest BCUT2D eigenvalue weighted by Crippen LogP contribution is 2.44. The van der Waals surface area contributed by atoms with Gasteiger partial charge >= 0.3 is 0 Å². The Morgan fingerprint density at radius 2 is 2.05 bits per heavy atom. The average molecular weight is 364 g/mol. The summed E-state index contributed by atoms with van der Waals surface area (Å²) >= 11 is 5.54. The molecule has 21 heavy (non-hydrogen) atoms. The van der Waals surface area contributed by atoms with Crippen molar-refractivity contribution in [3.8, 4) is 10.4 Å². The Bertz CT molecular complexity index is 615. The lowest BCUT2D eigenvalue weighted by Gasteiger charge is -2.15. The van der Waals surface area contributed by atoms with Crippen LogP contribution in [0.25, 0.3) is 10.4 Å². The molecular formula is C18H22BrNS. The van der Waals surface area contributed by atoms with Crippen LogP contribution in [-0.4, -0.2) is 6.54 Å². The first-order valence-electron chi connectivity index (χ1n) is 7.84. The third-order valence-electron chi connectivity index (χ3n) is 4.16. The largest absolute Gasteiger partial charge is 0.309 e. The third-order valence-corrected chi connectivity index (χ3v) is 5.86. The zero-order chi connectivity index (χ0) is 14.8. The van der Waals surface area contributed by atoms with Crippen LogP contribution in [0.15, 0.2) is 34.8 Å². The summed E-state index contributed by atoms with van der Waals surface area (Å²) in [5.74, 6) is 0.854. The lowest BCUT2D eigenvalue weighted by atomic mass is 10.0. The molecule has 1 nitrogen and oxygen atoms in total. The number of rotatable bonds is 6. The molecule has 3 heteroatoms. The van der Waals surface area contributed by atoms with Crippen molar-refractivity contribution in [1.82, 2.24) is 5.32 Å². The number of halogens is 1. The van der Waals surface area contributed by atoms with E-state index in [4.69, 9.17) is 0 Å². The Morgan fingerprint density at radius 3 is 2.71 bits per heavy atom. The molecule has 112 valence electrons. The van der Waals surface area contributed by atoms with Crippen molar-refractivity contribution in [2.75, 3.05) is 6.54 Å². The minimum Gasteiger partial charge on any atom is -0.309 e. The summed E-state index contributed by atoms with van der Waals surface area (Å²) in [6.07, 6.45) is 3.83. The van der Waals surface area contributed by atoms with Gasteiger partial charge in [0.15, 0.2) is 0 Å². The number of hydrogen-bond donors (Lipinski definition) is 1. The quantitative estimate of drug-likeness (QED) is 0.683. The Morgan fingerprint density at radius 1 is 1.24 bits per heavy atom. The van der Waals surface area contributed by atoms with Gasteiger partial charge in [-0.2, -0.15) is 0 Å². The molecule has 1 heterocycles. The second-order valence-corrected chi connectivity index (χ2v) is 7.76. The first-order valence-corrected chi connectivity index (χ1v) is 9.45. The van der Waals surface area contributed by atoms with Gasteiger partial charge in [0.25, 0.3) is 0 Å². The van der Waals surface area contributed by atoms with Crippen LogP contribution in [0, 0.1) is 5.92 Å². The van der Waals surface area contributed by atoms with Crippen LogP contribution in [-0.2, 0) is 6.42 Å². The molecule has 1 N–H and O–H groups in total. The van der Waals surface area contributed by atoms with Crippen molar-refractivity contribution >= 4 is 27.3 Å². The molecule has 1 aromatic heterocycles. The van der Waals surface area contributed by atoms with Gasteiger partial charge in [0.1, 0.15) is 0 Å². The minimum atomic E-state index is 0.564. The molecule has 1 saturated carbocycles. The van der Waals surface area contributed by atoms with E-state index in [1.807, 2.05) is 11.3 Å². The second-order valence-electron chi connectivity index (χ2n) is 5.73. The fourth-order valence-electron chi connectivity index (χ4n) is 2.91. The molecule has 0 bridgehead atoms. The summed E-state index contributed by atoms with van der Waals surface area (Å²) in [6.45, 7) is 5.48. The summed E-state index contributed by atoms with van der Waals surface area (Å²) < 4.78 is 1.17. The zero-order valence-corrected chi connectivity index (χ0v) is 15.1. The normalized spacial score (nSPS) is 16.1. The Labute approximate surface area is 139 Å². The molecular weight excluding hydrogens is 342 g/mol. The third kappa shape index (κ3) is 3.41. The van der Waals surface area contributed by atoms with Gasteiger partial charge in [0, 0.05) is 20.3 Å². The van der Waals surface area contributed by atoms with E-state index in [0.29, 0.717) is 6.04 Å². The van der Waals surface area contributed by atoms with Crippen molar-refractivity contribution in [3.63, 3.8) is 0 Å². The molecule has 1 atom stereocenters. The predicted molar refractivity (Wildman–Crippen MR) is 96.0 cm³/mol. The maximum Gasteiger partial charge on any atom is 0.0443 e. The van der Waals surface area contributed by atoms with Crippen LogP contribution in [0.2, 0.25) is 0 Å². The number of hydrogen-bond acceptors (Lipinski definition) is 2. The number of nitrogens with one attached hydrogen (secondary N) is 1. The molecule has 1 unspecified atom stereocenters. The zero-order valence-electron chi connectivity index (χ0n) is 12.7. The molecule has 0 radical (unpaired) electrons. The van der Waals surface area contributed by atoms with Gasteiger partial charge in [-0.15, -0.1) is 11.3 Å². The van der Waals surface area contributed by atoms with Gasteiger partial charge in [-0.05, 0) is 67.1 Å². The summed E-state index contributed by atoms with van der Waals surface area (Å²) in [6, 6.07) is 11.8. The van der Waals surface area contributed by atoms with Gasteiger partial charge < -0.3 is 5.32 Å². The fourth-order valence-corrected chi connectivity index (χ4v) is 4.56. The van der Waals surface area contributed by atoms with E-state index >= 15 is 0 Å². The molecule has 2 aromatic rings. The van der Waals surface area contributed by atoms with E-state index in [1.54, 1.807) is 0 Å². The van der Waals surface area contributed by atoms with E-state index in [0.717, 1.165) is 18.9 Å². The maximum absolute atomic E-state index is 3.67. The van der Waals surface area contributed by atoms with E-state index in [-0.39, 0.29) is 0 Å². The molecule has 3 rings (SSSR count). The van der Waals surface area contributed by atoms with E-state index in [9.17, 15) is 0 Å². The molecule has 0 aliphatic heterocycles. The summed E-state index contributed by atoms with van der Waals surface area (Å²) in [4.78, 5) is 2.90. The smallest absolute Gasteiger partial charge is 0.0443 e. The molecule has 1 aliphatic carbocycles. The summed E-state index contributed by atoms with van der Waals surface area (Å²) in [5.41, 5.74) is 2.81. The van der Waals surface area contributed by atoms with Gasteiger partial charge in [-0.25, -0.2) is 0 Å². The van der Waals surface area contributed by atoms with Crippen molar-refractivity contribution in [1.29, 1.82) is 0 Å². The lowest BCUT2D eigenvalue weighted by Crippen LogP contribution is -2.21. The topological polar surface area (TPSA) is 12.0 Å². The van der Waals surface area contributed by atoms with E-state index in [2.05, 4.69) is 65.4 Å². The van der Waals surface area contributed by atoms with Gasteiger partial charge in [0.05, 0.1) is 0 Å².